The highest BCUT2D eigenvalue weighted by atomic mass is 16.5. The van der Waals surface area contributed by atoms with Crippen molar-refractivity contribution in [2.75, 3.05) is 7.11 Å². The number of fused-ring (bicyclic) bond motifs is 1. The van der Waals surface area contributed by atoms with E-state index in [0.717, 1.165) is 24.8 Å². The van der Waals surface area contributed by atoms with Gasteiger partial charge in [0.05, 0.1) is 19.4 Å². The van der Waals surface area contributed by atoms with Crippen LogP contribution in [0.25, 0.3) is 0 Å². The first-order valence-electron chi connectivity index (χ1n) is 7.53. The minimum atomic E-state index is -0.515. The minimum absolute atomic E-state index is 0.419. The molecule has 0 spiro atoms. The van der Waals surface area contributed by atoms with Gasteiger partial charge in [0.15, 0.2) is 0 Å². The zero-order valence-corrected chi connectivity index (χ0v) is 12.3. The van der Waals surface area contributed by atoms with Gasteiger partial charge in [-0.1, -0.05) is 24.3 Å². The predicted octanol–water partition coefficient (Wildman–Crippen LogP) is 3.63. The summed E-state index contributed by atoms with van der Waals surface area (Å²) in [6.07, 6.45) is 7.07. The average Bonchev–Trinajstić information content (AvgIpc) is 2.55. The van der Waals surface area contributed by atoms with Crippen LogP contribution in [-0.2, 0) is 6.42 Å². The van der Waals surface area contributed by atoms with E-state index in [9.17, 15) is 5.11 Å². The highest BCUT2D eigenvalue weighted by Crippen LogP contribution is 2.39. The third kappa shape index (κ3) is 2.93. The molecule has 0 amide bonds. The lowest BCUT2D eigenvalue weighted by Gasteiger charge is -2.27. The van der Waals surface area contributed by atoms with Crippen LogP contribution in [0.15, 0.2) is 42.7 Å². The molecule has 110 valence electrons. The number of pyridine rings is 1. The Kier molecular flexibility index (Phi) is 4.20. The van der Waals surface area contributed by atoms with Crippen molar-refractivity contribution in [2.45, 2.75) is 37.7 Å². The lowest BCUT2D eigenvalue weighted by atomic mass is 9.79. The van der Waals surface area contributed by atoms with Gasteiger partial charge in [0.25, 0.3) is 0 Å². The Bertz CT molecular complexity index is 612. The summed E-state index contributed by atoms with van der Waals surface area (Å²) in [7, 11) is 1.61. The Morgan fingerprint density at radius 2 is 2.19 bits per heavy atom. The van der Waals surface area contributed by atoms with E-state index in [1.54, 1.807) is 19.5 Å². The molecule has 1 heterocycles. The molecule has 1 aliphatic carbocycles. The van der Waals surface area contributed by atoms with Crippen molar-refractivity contribution in [3.8, 4) is 5.75 Å². The Morgan fingerprint density at radius 3 is 3.05 bits per heavy atom. The molecule has 1 aliphatic rings. The molecule has 21 heavy (non-hydrogen) atoms. The van der Waals surface area contributed by atoms with Gasteiger partial charge in [-0.15, -0.1) is 0 Å². The molecule has 1 aromatic carbocycles. The molecule has 0 radical (unpaired) electrons. The summed E-state index contributed by atoms with van der Waals surface area (Å²) in [6.45, 7) is 0. The summed E-state index contributed by atoms with van der Waals surface area (Å²) in [4.78, 5) is 4.05. The van der Waals surface area contributed by atoms with E-state index in [1.807, 2.05) is 6.07 Å². The third-order valence-corrected chi connectivity index (χ3v) is 4.40. The number of methoxy groups -OCH3 is 1. The van der Waals surface area contributed by atoms with Crippen LogP contribution in [0.1, 0.15) is 48.0 Å². The fraction of sp³-hybridized carbons (Fsp3) is 0.389. The first kappa shape index (κ1) is 14.1. The Hall–Kier alpha value is -1.87. The molecule has 2 unspecified atom stereocenters. The lowest BCUT2D eigenvalue weighted by Crippen LogP contribution is -2.13. The van der Waals surface area contributed by atoms with Gasteiger partial charge in [-0.3, -0.25) is 4.98 Å². The number of rotatable bonds is 4. The molecule has 2 aromatic rings. The first-order valence-corrected chi connectivity index (χ1v) is 7.53. The fourth-order valence-electron chi connectivity index (χ4n) is 3.33. The van der Waals surface area contributed by atoms with Gasteiger partial charge in [0.1, 0.15) is 5.75 Å². The molecular formula is C18H21NO2. The van der Waals surface area contributed by atoms with Crippen molar-refractivity contribution in [2.24, 2.45) is 0 Å². The lowest BCUT2D eigenvalue weighted by molar-refractivity contribution is 0.150. The topological polar surface area (TPSA) is 42.4 Å². The van der Waals surface area contributed by atoms with Crippen LogP contribution < -0.4 is 4.74 Å². The summed E-state index contributed by atoms with van der Waals surface area (Å²) < 4.78 is 5.30. The van der Waals surface area contributed by atoms with Gasteiger partial charge in [-0.2, -0.15) is 0 Å². The number of aromatic nitrogens is 1. The SMILES string of the molecule is COc1cnccc1C(O)CC1CCCc2ccccc21. The number of hydrogen-bond donors (Lipinski definition) is 1. The number of ether oxygens (including phenoxy) is 1. The molecule has 3 rings (SSSR count). The predicted molar refractivity (Wildman–Crippen MR) is 82.5 cm³/mol. The Morgan fingerprint density at radius 1 is 1.33 bits per heavy atom. The molecule has 1 aromatic heterocycles. The molecule has 3 nitrogen and oxygen atoms in total. The number of benzene rings is 1. The summed E-state index contributed by atoms with van der Waals surface area (Å²) in [6, 6.07) is 10.5. The maximum Gasteiger partial charge on any atom is 0.142 e. The first-order chi connectivity index (χ1) is 10.3. The monoisotopic (exact) mass is 283 g/mol. The van der Waals surface area contributed by atoms with Crippen molar-refractivity contribution < 1.29 is 9.84 Å². The smallest absolute Gasteiger partial charge is 0.142 e. The zero-order chi connectivity index (χ0) is 14.7. The molecule has 2 atom stereocenters. The number of aliphatic hydroxyl groups is 1. The quantitative estimate of drug-likeness (QED) is 0.931. The largest absolute Gasteiger partial charge is 0.495 e. The number of nitrogens with zero attached hydrogens (tertiary/aromatic N) is 1. The van der Waals surface area contributed by atoms with E-state index >= 15 is 0 Å². The molecule has 0 aliphatic heterocycles. The maximum absolute atomic E-state index is 10.6. The molecule has 0 bridgehead atoms. The van der Waals surface area contributed by atoms with Gasteiger partial charge in [-0.05, 0) is 48.8 Å². The van der Waals surface area contributed by atoms with E-state index in [-0.39, 0.29) is 0 Å². The molecule has 0 saturated carbocycles. The van der Waals surface area contributed by atoms with Gasteiger partial charge in [0, 0.05) is 11.8 Å². The minimum Gasteiger partial charge on any atom is -0.495 e. The van der Waals surface area contributed by atoms with Crippen molar-refractivity contribution in [1.82, 2.24) is 4.98 Å². The second-order valence-corrected chi connectivity index (χ2v) is 5.66. The van der Waals surface area contributed by atoms with Gasteiger partial charge >= 0.3 is 0 Å². The Labute approximate surface area is 125 Å². The second kappa shape index (κ2) is 6.27. The van der Waals surface area contributed by atoms with Crippen molar-refractivity contribution >= 4 is 0 Å². The van der Waals surface area contributed by atoms with Crippen molar-refractivity contribution in [1.29, 1.82) is 0 Å². The highest BCUT2D eigenvalue weighted by Gasteiger charge is 2.24. The van der Waals surface area contributed by atoms with E-state index in [4.69, 9.17) is 4.74 Å². The number of aliphatic hydroxyl groups excluding tert-OH is 1. The summed E-state index contributed by atoms with van der Waals surface area (Å²) in [5.41, 5.74) is 3.66. The van der Waals surface area contributed by atoms with E-state index in [1.165, 1.54) is 17.5 Å². The summed E-state index contributed by atoms with van der Waals surface area (Å²) in [5.74, 6) is 1.08. The summed E-state index contributed by atoms with van der Waals surface area (Å²) >= 11 is 0. The second-order valence-electron chi connectivity index (χ2n) is 5.66. The van der Waals surface area contributed by atoms with Crippen LogP contribution in [0.5, 0.6) is 5.75 Å². The van der Waals surface area contributed by atoms with Gasteiger partial charge in [-0.25, -0.2) is 0 Å². The molecular weight excluding hydrogens is 262 g/mol. The van der Waals surface area contributed by atoms with E-state index in [0.29, 0.717) is 11.7 Å². The fourth-order valence-corrected chi connectivity index (χ4v) is 3.33. The van der Waals surface area contributed by atoms with Crippen molar-refractivity contribution in [3.63, 3.8) is 0 Å². The highest BCUT2D eigenvalue weighted by molar-refractivity contribution is 5.35. The maximum atomic E-state index is 10.6. The molecule has 1 N–H and O–H groups in total. The summed E-state index contributed by atoms with van der Waals surface area (Å²) in [5, 5.41) is 10.6. The number of hydrogen-bond acceptors (Lipinski definition) is 3. The zero-order valence-electron chi connectivity index (χ0n) is 12.3. The average molecular weight is 283 g/mol. The standard InChI is InChI=1S/C18H21NO2/c1-21-18-12-19-10-9-16(18)17(20)11-14-7-4-6-13-5-2-3-8-15(13)14/h2-3,5,8-10,12,14,17,20H,4,6-7,11H2,1H3. The van der Waals surface area contributed by atoms with Gasteiger partial charge in [0.2, 0.25) is 0 Å². The molecule has 0 fully saturated rings. The van der Waals surface area contributed by atoms with Crippen LogP contribution in [0.3, 0.4) is 0 Å². The van der Waals surface area contributed by atoms with E-state index < -0.39 is 6.10 Å². The van der Waals surface area contributed by atoms with Crippen LogP contribution in [0, 0.1) is 0 Å². The van der Waals surface area contributed by atoms with E-state index in [2.05, 4.69) is 29.2 Å². The third-order valence-electron chi connectivity index (χ3n) is 4.40. The van der Waals surface area contributed by atoms with Crippen LogP contribution in [0.2, 0.25) is 0 Å². The number of aryl methyl sites for hydroxylation is 1. The van der Waals surface area contributed by atoms with Crippen LogP contribution >= 0.6 is 0 Å². The Balaban J connectivity index is 1.81. The van der Waals surface area contributed by atoms with Crippen LogP contribution in [0.4, 0.5) is 0 Å². The van der Waals surface area contributed by atoms with Crippen LogP contribution in [-0.4, -0.2) is 17.2 Å². The van der Waals surface area contributed by atoms with Gasteiger partial charge < -0.3 is 9.84 Å². The molecule has 0 saturated heterocycles. The van der Waals surface area contributed by atoms with Crippen molar-refractivity contribution in [3.05, 3.63) is 59.4 Å². The molecule has 3 heteroatoms. The normalized spacial score (nSPS) is 18.9.